The molecule has 0 unspecified atom stereocenters. The molecule has 0 radical (unpaired) electrons. The molecule has 4 aromatic rings. The zero-order valence-corrected chi connectivity index (χ0v) is 18.7. The maximum absolute atomic E-state index is 12.8. The zero-order chi connectivity index (χ0) is 22.7. The Morgan fingerprint density at radius 1 is 0.970 bits per heavy atom. The van der Waals surface area contributed by atoms with E-state index in [-0.39, 0.29) is 5.25 Å². The number of nitrogens with zero attached hydrogens (tertiary/aromatic N) is 4. The fourth-order valence-electron chi connectivity index (χ4n) is 3.89. The number of sulfone groups is 1. The van der Waals surface area contributed by atoms with Crippen LogP contribution < -0.4 is 5.32 Å². The summed E-state index contributed by atoms with van der Waals surface area (Å²) in [4.78, 5) is 16.5. The van der Waals surface area contributed by atoms with Crippen molar-refractivity contribution in [2.75, 3.05) is 18.4 Å². The first-order chi connectivity index (χ1) is 16.1. The van der Waals surface area contributed by atoms with Gasteiger partial charge in [-0.2, -0.15) is 0 Å². The number of H-pyrrole nitrogens is 1. The van der Waals surface area contributed by atoms with Crippen LogP contribution in [0.2, 0.25) is 0 Å². The molecule has 3 aromatic heterocycles. The van der Waals surface area contributed by atoms with Crippen molar-refractivity contribution in [2.24, 2.45) is 0 Å². The molecule has 2 N–H and O–H groups in total. The minimum absolute atomic E-state index is 0.342. The van der Waals surface area contributed by atoms with Gasteiger partial charge in [-0.1, -0.05) is 25.0 Å². The summed E-state index contributed by atoms with van der Waals surface area (Å²) in [5.41, 5.74) is 3.49. The maximum Gasteiger partial charge on any atom is 0.227 e. The lowest BCUT2D eigenvalue weighted by molar-refractivity contribution is 0.557. The number of anilines is 2. The number of nitrogens with one attached hydrogen (secondary N) is 2. The van der Waals surface area contributed by atoms with E-state index in [2.05, 4.69) is 30.6 Å². The molecule has 5 rings (SSSR count). The minimum Gasteiger partial charge on any atom is -0.662 e. The van der Waals surface area contributed by atoms with Gasteiger partial charge in [-0.15, -0.1) is 13.1 Å². The average molecular weight is 460 g/mol. The van der Waals surface area contributed by atoms with Crippen LogP contribution >= 0.6 is 0 Å². The SMILES string of the molecule is O=S(=O)(c1ccc(Nc2ncc(/C=C/c3ccnc4[nH]ccc34)cn2)cc1)C1CC[N-]CC1. The van der Waals surface area contributed by atoms with Gasteiger partial charge < -0.3 is 15.6 Å². The smallest absolute Gasteiger partial charge is 0.227 e. The van der Waals surface area contributed by atoms with Crippen LogP contribution in [-0.2, 0) is 9.84 Å². The molecule has 0 spiro atoms. The van der Waals surface area contributed by atoms with Crippen LogP contribution in [-0.4, -0.2) is 46.7 Å². The Morgan fingerprint density at radius 2 is 1.73 bits per heavy atom. The first kappa shape index (κ1) is 21.3. The molecular formula is C24H23N6O2S-. The standard InChI is InChI=1S/C24H23N6O2S/c31-33(32,21-8-11-25-12-9-21)20-5-3-19(4-6-20)30-24-28-15-17(16-29-24)1-2-18-7-13-26-23-22(18)10-14-27-23/h1-7,10,13-16,21H,8-9,11-12H2,(H,26,27)(H,28,29,30)/q-1/b2-1+. The van der Waals surface area contributed by atoms with E-state index in [9.17, 15) is 8.42 Å². The Bertz CT molecular complexity index is 1370. The fourth-order valence-corrected chi connectivity index (χ4v) is 5.62. The largest absolute Gasteiger partial charge is 0.662 e. The third kappa shape index (κ3) is 4.64. The van der Waals surface area contributed by atoms with Gasteiger partial charge >= 0.3 is 0 Å². The molecule has 33 heavy (non-hydrogen) atoms. The quantitative estimate of drug-likeness (QED) is 0.436. The molecule has 1 aliphatic heterocycles. The first-order valence-corrected chi connectivity index (χ1v) is 12.3. The Morgan fingerprint density at radius 3 is 2.48 bits per heavy atom. The van der Waals surface area contributed by atoms with E-state index < -0.39 is 9.84 Å². The Kier molecular flexibility index (Phi) is 5.89. The van der Waals surface area contributed by atoms with Gasteiger partial charge in [0.2, 0.25) is 5.95 Å². The van der Waals surface area contributed by atoms with Crippen LogP contribution in [0.1, 0.15) is 24.0 Å². The Hall–Kier alpha value is -3.56. The van der Waals surface area contributed by atoms with E-state index in [0.29, 0.717) is 36.8 Å². The van der Waals surface area contributed by atoms with Crippen LogP contribution in [0.3, 0.4) is 0 Å². The third-order valence-corrected chi connectivity index (χ3v) is 8.00. The monoisotopic (exact) mass is 459 g/mol. The number of pyridine rings is 1. The molecular weight excluding hydrogens is 436 g/mol. The van der Waals surface area contributed by atoms with Crippen LogP contribution in [0.4, 0.5) is 11.6 Å². The minimum atomic E-state index is -3.33. The highest BCUT2D eigenvalue weighted by Crippen LogP contribution is 2.26. The maximum atomic E-state index is 12.8. The average Bonchev–Trinajstić information content (AvgIpc) is 3.34. The number of rotatable bonds is 6. The molecule has 9 heteroatoms. The lowest BCUT2D eigenvalue weighted by atomic mass is 10.1. The summed E-state index contributed by atoms with van der Waals surface area (Å²) in [5, 5.41) is 8.06. The van der Waals surface area contributed by atoms with Gasteiger partial charge in [-0.3, -0.25) is 0 Å². The van der Waals surface area contributed by atoms with E-state index in [1.165, 1.54) is 0 Å². The fraction of sp³-hybridized carbons (Fsp3) is 0.208. The van der Waals surface area contributed by atoms with E-state index in [1.54, 1.807) is 42.9 Å². The molecule has 1 aliphatic rings. The number of fused-ring (bicyclic) bond motifs is 1. The zero-order valence-electron chi connectivity index (χ0n) is 17.8. The van der Waals surface area contributed by atoms with Crippen molar-refractivity contribution < 1.29 is 8.42 Å². The number of benzene rings is 1. The van der Waals surface area contributed by atoms with E-state index in [0.717, 1.165) is 27.8 Å². The van der Waals surface area contributed by atoms with Crippen molar-refractivity contribution in [3.05, 3.63) is 77.6 Å². The number of aromatic amines is 1. The Balaban J connectivity index is 1.25. The number of piperidine rings is 1. The van der Waals surface area contributed by atoms with Crippen molar-refractivity contribution in [1.82, 2.24) is 19.9 Å². The van der Waals surface area contributed by atoms with E-state index in [4.69, 9.17) is 0 Å². The van der Waals surface area contributed by atoms with Gasteiger partial charge in [0.25, 0.3) is 0 Å². The highest BCUT2D eigenvalue weighted by atomic mass is 32.2. The summed E-state index contributed by atoms with van der Waals surface area (Å²) >= 11 is 0. The van der Waals surface area contributed by atoms with Crippen LogP contribution in [0, 0.1) is 0 Å². The van der Waals surface area contributed by atoms with Gasteiger partial charge in [0, 0.05) is 41.4 Å². The molecule has 0 amide bonds. The summed E-state index contributed by atoms with van der Waals surface area (Å²) in [7, 11) is -3.33. The van der Waals surface area contributed by atoms with Gasteiger partial charge in [0.05, 0.1) is 10.1 Å². The molecule has 1 aromatic carbocycles. The topological polar surface area (TPSA) is 115 Å². The van der Waals surface area contributed by atoms with Crippen molar-refractivity contribution in [3.63, 3.8) is 0 Å². The molecule has 0 aliphatic carbocycles. The second-order valence-electron chi connectivity index (χ2n) is 7.88. The summed E-state index contributed by atoms with van der Waals surface area (Å²) in [5.74, 6) is 0.439. The number of hydrogen-bond donors (Lipinski definition) is 2. The van der Waals surface area contributed by atoms with Crippen LogP contribution in [0.15, 0.2) is 66.1 Å². The predicted molar refractivity (Wildman–Crippen MR) is 130 cm³/mol. The lowest BCUT2D eigenvalue weighted by Crippen LogP contribution is -2.27. The first-order valence-electron chi connectivity index (χ1n) is 10.8. The van der Waals surface area contributed by atoms with Crippen molar-refractivity contribution in [2.45, 2.75) is 23.0 Å². The number of hydrogen-bond acceptors (Lipinski definition) is 6. The summed E-state index contributed by atoms with van der Waals surface area (Å²) in [6.45, 7) is 1.23. The molecule has 0 bridgehead atoms. The summed E-state index contributed by atoms with van der Waals surface area (Å²) < 4.78 is 25.6. The van der Waals surface area contributed by atoms with Crippen LogP contribution in [0.5, 0.6) is 0 Å². The molecule has 0 saturated carbocycles. The second-order valence-corrected chi connectivity index (χ2v) is 10.1. The van der Waals surface area contributed by atoms with Gasteiger partial charge in [0.1, 0.15) is 5.65 Å². The highest BCUT2D eigenvalue weighted by molar-refractivity contribution is 7.92. The molecule has 1 fully saturated rings. The summed E-state index contributed by atoms with van der Waals surface area (Å²) in [6.07, 6.45) is 12.2. The third-order valence-electron chi connectivity index (χ3n) is 5.72. The molecule has 0 atom stereocenters. The van der Waals surface area contributed by atoms with E-state index in [1.807, 2.05) is 30.5 Å². The van der Waals surface area contributed by atoms with Crippen molar-refractivity contribution in [1.29, 1.82) is 0 Å². The van der Waals surface area contributed by atoms with E-state index >= 15 is 0 Å². The van der Waals surface area contributed by atoms with Gasteiger partial charge in [-0.05, 0) is 42.0 Å². The van der Waals surface area contributed by atoms with Crippen molar-refractivity contribution in [3.8, 4) is 0 Å². The predicted octanol–water partition coefficient (Wildman–Crippen LogP) is 4.58. The lowest BCUT2D eigenvalue weighted by Gasteiger charge is -2.31. The molecule has 168 valence electrons. The molecule has 4 heterocycles. The van der Waals surface area contributed by atoms with Crippen molar-refractivity contribution >= 4 is 44.7 Å². The Labute approximate surface area is 192 Å². The normalized spacial score (nSPS) is 15.3. The second kappa shape index (κ2) is 9.13. The highest BCUT2D eigenvalue weighted by Gasteiger charge is 2.26. The molecule has 1 saturated heterocycles. The summed E-state index contributed by atoms with van der Waals surface area (Å²) in [6, 6.07) is 10.7. The number of aromatic nitrogens is 4. The van der Waals surface area contributed by atoms with Gasteiger partial charge in [0.15, 0.2) is 9.84 Å². The molecule has 8 nitrogen and oxygen atoms in total. The van der Waals surface area contributed by atoms with Crippen LogP contribution in [0.25, 0.3) is 28.5 Å². The van der Waals surface area contributed by atoms with Gasteiger partial charge in [-0.25, -0.2) is 23.4 Å².